The van der Waals surface area contributed by atoms with Crippen molar-refractivity contribution in [2.75, 3.05) is 6.61 Å². The van der Waals surface area contributed by atoms with Crippen LogP contribution in [-0.2, 0) is 9.53 Å². The molecule has 1 fully saturated rings. The van der Waals surface area contributed by atoms with Crippen molar-refractivity contribution in [2.45, 2.75) is 65.9 Å². The van der Waals surface area contributed by atoms with Gasteiger partial charge in [0, 0.05) is 0 Å². The molecule has 0 radical (unpaired) electrons. The van der Waals surface area contributed by atoms with E-state index in [2.05, 4.69) is 13.8 Å². The van der Waals surface area contributed by atoms with E-state index in [0.29, 0.717) is 12.5 Å². The Hall–Kier alpha value is -0.570. The van der Waals surface area contributed by atoms with E-state index in [0.717, 1.165) is 25.7 Å². The predicted molar refractivity (Wildman–Crippen MR) is 72.2 cm³/mol. The molecular weight excluding hydrogens is 228 g/mol. The average Bonchev–Trinajstić information content (AvgIpc) is 2.29. The fourth-order valence-electron chi connectivity index (χ4n) is 2.90. The van der Waals surface area contributed by atoms with Crippen molar-refractivity contribution in [1.82, 2.24) is 0 Å². The third-order valence-corrected chi connectivity index (χ3v) is 4.75. The summed E-state index contributed by atoms with van der Waals surface area (Å²) in [7, 11) is 0. The first-order valence-electron chi connectivity index (χ1n) is 7.13. The summed E-state index contributed by atoms with van der Waals surface area (Å²) in [6.07, 6.45) is 3.39. The molecule has 0 heterocycles. The van der Waals surface area contributed by atoms with Crippen molar-refractivity contribution < 1.29 is 14.6 Å². The molecule has 0 aromatic carbocycles. The Morgan fingerprint density at radius 2 is 1.89 bits per heavy atom. The fourth-order valence-corrected chi connectivity index (χ4v) is 2.90. The molecule has 0 amide bonds. The highest BCUT2D eigenvalue weighted by atomic mass is 16.5. The van der Waals surface area contributed by atoms with Crippen molar-refractivity contribution in [3.05, 3.63) is 0 Å². The molecule has 1 aliphatic carbocycles. The molecule has 1 rings (SSSR count). The van der Waals surface area contributed by atoms with Gasteiger partial charge >= 0.3 is 5.97 Å². The molecule has 1 saturated carbocycles. The molecule has 3 heteroatoms. The number of ether oxygens (including phenoxy) is 1. The van der Waals surface area contributed by atoms with Gasteiger partial charge in [-0.05, 0) is 58.3 Å². The van der Waals surface area contributed by atoms with Gasteiger partial charge < -0.3 is 9.84 Å². The lowest BCUT2D eigenvalue weighted by Crippen LogP contribution is -2.44. The van der Waals surface area contributed by atoms with E-state index in [9.17, 15) is 9.90 Å². The number of carbonyl (C=O) groups is 1. The number of rotatable bonds is 4. The standard InChI is InChI=1S/C15H28O3/c1-6-18-13(16)14(4,5)12-7-9-15(17,10-8-12)11(2)3/h11-12,17H,6-10H2,1-5H3/t12-,15-. The van der Waals surface area contributed by atoms with Crippen LogP contribution in [0, 0.1) is 17.3 Å². The second-order valence-electron chi connectivity index (χ2n) is 6.47. The molecule has 0 saturated heterocycles. The number of hydrogen-bond acceptors (Lipinski definition) is 3. The zero-order valence-corrected chi connectivity index (χ0v) is 12.5. The minimum atomic E-state index is -0.540. The number of aliphatic hydroxyl groups is 1. The summed E-state index contributed by atoms with van der Waals surface area (Å²) in [5, 5.41) is 10.5. The van der Waals surface area contributed by atoms with E-state index >= 15 is 0 Å². The Morgan fingerprint density at radius 3 is 2.28 bits per heavy atom. The zero-order valence-electron chi connectivity index (χ0n) is 12.5. The Balaban J connectivity index is 2.64. The van der Waals surface area contributed by atoms with E-state index in [1.54, 1.807) is 0 Å². The van der Waals surface area contributed by atoms with Crippen molar-refractivity contribution in [3.63, 3.8) is 0 Å². The third-order valence-electron chi connectivity index (χ3n) is 4.75. The summed E-state index contributed by atoms with van der Waals surface area (Å²) in [5.41, 5.74) is -0.977. The van der Waals surface area contributed by atoms with E-state index < -0.39 is 11.0 Å². The predicted octanol–water partition coefficient (Wildman–Crippen LogP) is 3.15. The van der Waals surface area contributed by atoms with Crippen LogP contribution in [-0.4, -0.2) is 23.3 Å². The number of carbonyl (C=O) groups excluding carboxylic acids is 1. The van der Waals surface area contributed by atoms with Gasteiger partial charge in [-0.15, -0.1) is 0 Å². The van der Waals surface area contributed by atoms with E-state index in [1.165, 1.54) is 0 Å². The molecule has 18 heavy (non-hydrogen) atoms. The molecule has 0 aliphatic heterocycles. The quantitative estimate of drug-likeness (QED) is 0.786. The minimum Gasteiger partial charge on any atom is -0.466 e. The topological polar surface area (TPSA) is 46.5 Å². The van der Waals surface area contributed by atoms with Gasteiger partial charge in [-0.2, -0.15) is 0 Å². The van der Waals surface area contributed by atoms with Crippen molar-refractivity contribution in [3.8, 4) is 0 Å². The maximum Gasteiger partial charge on any atom is 0.311 e. The van der Waals surface area contributed by atoms with Crippen molar-refractivity contribution >= 4 is 5.97 Å². The average molecular weight is 256 g/mol. The molecule has 0 atom stereocenters. The maximum absolute atomic E-state index is 12.0. The van der Waals surface area contributed by atoms with Crippen LogP contribution in [0.15, 0.2) is 0 Å². The highest BCUT2D eigenvalue weighted by Crippen LogP contribution is 2.44. The maximum atomic E-state index is 12.0. The second-order valence-corrected chi connectivity index (χ2v) is 6.47. The summed E-state index contributed by atoms with van der Waals surface area (Å²) >= 11 is 0. The molecule has 106 valence electrons. The molecule has 3 nitrogen and oxygen atoms in total. The Bertz CT molecular complexity index is 286. The lowest BCUT2D eigenvalue weighted by Gasteiger charge is -2.43. The highest BCUT2D eigenvalue weighted by molar-refractivity contribution is 5.76. The summed E-state index contributed by atoms with van der Waals surface area (Å²) in [4.78, 5) is 12.0. The summed E-state index contributed by atoms with van der Waals surface area (Å²) in [5.74, 6) is 0.490. The molecule has 0 aromatic rings. The molecule has 1 aliphatic rings. The first kappa shape index (κ1) is 15.5. The highest BCUT2D eigenvalue weighted by Gasteiger charge is 2.44. The monoisotopic (exact) mass is 256 g/mol. The second kappa shape index (κ2) is 5.60. The lowest BCUT2D eigenvalue weighted by atomic mass is 9.65. The molecule has 0 bridgehead atoms. The van der Waals surface area contributed by atoms with Crippen LogP contribution < -0.4 is 0 Å². The first-order chi connectivity index (χ1) is 8.24. The van der Waals surface area contributed by atoms with Crippen LogP contribution in [0.3, 0.4) is 0 Å². The normalized spacial score (nSPS) is 29.4. The first-order valence-corrected chi connectivity index (χ1v) is 7.13. The van der Waals surface area contributed by atoms with Gasteiger partial charge in [-0.3, -0.25) is 4.79 Å². The van der Waals surface area contributed by atoms with Gasteiger partial charge in [0.25, 0.3) is 0 Å². The summed E-state index contributed by atoms with van der Waals surface area (Å²) in [6, 6.07) is 0. The summed E-state index contributed by atoms with van der Waals surface area (Å²) < 4.78 is 5.16. The molecular formula is C15H28O3. The third kappa shape index (κ3) is 3.05. The SMILES string of the molecule is CCOC(=O)C(C)(C)[C@H]1CC[C@@](O)(C(C)C)CC1. The van der Waals surface area contributed by atoms with Crippen LogP contribution >= 0.6 is 0 Å². The molecule has 0 unspecified atom stereocenters. The van der Waals surface area contributed by atoms with E-state index in [-0.39, 0.29) is 11.9 Å². The van der Waals surface area contributed by atoms with Gasteiger partial charge in [0.05, 0.1) is 17.6 Å². The van der Waals surface area contributed by atoms with Gasteiger partial charge in [-0.1, -0.05) is 13.8 Å². The van der Waals surface area contributed by atoms with Crippen LogP contribution in [0.4, 0.5) is 0 Å². The molecule has 0 aromatic heterocycles. The van der Waals surface area contributed by atoms with Crippen molar-refractivity contribution in [2.24, 2.45) is 17.3 Å². The van der Waals surface area contributed by atoms with E-state index in [1.807, 2.05) is 20.8 Å². The van der Waals surface area contributed by atoms with Crippen LogP contribution in [0.1, 0.15) is 60.3 Å². The fraction of sp³-hybridized carbons (Fsp3) is 0.933. The van der Waals surface area contributed by atoms with Crippen molar-refractivity contribution in [1.29, 1.82) is 0 Å². The lowest BCUT2D eigenvalue weighted by molar-refractivity contribution is -0.159. The smallest absolute Gasteiger partial charge is 0.311 e. The largest absolute Gasteiger partial charge is 0.466 e. The van der Waals surface area contributed by atoms with Crippen LogP contribution in [0.5, 0.6) is 0 Å². The Morgan fingerprint density at radius 1 is 1.39 bits per heavy atom. The Kier molecular flexibility index (Phi) is 4.82. The van der Waals surface area contributed by atoms with Crippen LogP contribution in [0.25, 0.3) is 0 Å². The molecule has 1 N–H and O–H groups in total. The number of hydrogen-bond donors (Lipinski definition) is 1. The van der Waals surface area contributed by atoms with Gasteiger partial charge in [0.15, 0.2) is 0 Å². The summed E-state index contributed by atoms with van der Waals surface area (Å²) in [6.45, 7) is 10.3. The molecule has 0 spiro atoms. The zero-order chi connectivity index (χ0) is 14.0. The van der Waals surface area contributed by atoms with Gasteiger partial charge in [0.1, 0.15) is 0 Å². The van der Waals surface area contributed by atoms with Gasteiger partial charge in [-0.25, -0.2) is 0 Å². The van der Waals surface area contributed by atoms with E-state index in [4.69, 9.17) is 4.74 Å². The number of esters is 1. The van der Waals surface area contributed by atoms with Crippen LogP contribution in [0.2, 0.25) is 0 Å². The Labute approximate surface area is 111 Å². The minimum absolute atomic E-state index is 0.106. The van der Waals surface area contributed by atoms with Gasteiger partial charge in [0.2, 0.25) is 0 Å².